The van der Waals surface area contributed by atoms with Gasteiger partial charge in [-0.15, -0.1) is 0 Å². The standard InChI is InChI=1S/C14H20BrFN2O2/c1-14(2,3)6-8(19)7-18-13(20)9-4-12(17)11(16)5-10(9)15/h4-5,8,19H,6-7,17H2,1-3H3,(H,18,20). The predicted molar refractivity (Wildman–Crippen MR) is 80.9 cm³/mol. The van der Waals surface area contributed by atoms with Gasteiger partial charge in [0.25, 0.3) is 5.91 Å². The van der Waals surface area contributed by atoms with Crippen molar-refractivity contribution in [3.8, 4) is 0 Å². The number of nitrogen functional groups attached to an aromatic ring is 1. The third-order valence-electron chi connectivity index (χ3n) is 2.68. The van der Waals surface area contributed by atoms with Crippen molar-refractivity contribution in [3.05, 3.63) is 28.0 Å². The number of nitrogens with two attached hydrogens (primary N) is 1. The van der Waals surface area contributed by atoms with Crippen LogP contribution < -0.4 is 11.1 Å². The number of anilines is 1. The Bertz CT molecular complexity index is 501. The van der Waals surface area contributed by atoms with Crippen LogP contribution in [0.25, 0.3) is 0 Å². The molecule has 1 aromatic rings. The van der Waals surface area contributed by atoms with Crippen molar-refractivity contribution in [1.82, 2.24) is 5.32 Å². The van der Waals surface area contributed by atoms with E-state index in [9.17, 15) is 14.3 Å². The van der Waals surface area contributed by atoms with Gasteiger partial charge in [0.2, 0.25) is 0 Å². The highest BCUT2D eigenvalue weighted by atomic mass is 79.9. The van der Waals surface area contributed by atoms with Gasteiger partial charge in [0.05, 0.1) is 17.4 Å². The van der Waals surface area contributed by atoms with Crippen LogP contribution in [-0.4, -0.2) is 23.7 Å². The molecule has 0 radical (unpaired) electrons. The van der Waals surface area contributed by atoms with Crippen molar-refractivity contribution in [2.75, 3.05) is 12.3 Å². The minimum Gasteiger partial charge on any atom is -0.396 e. The number of halogens is 2. The molecule has 0 aliphatic heterocycles. The van der Waals surface area contributed by atoms with Crippen LogP contribution in [0.1, 0.15) is 37.6 Å². The second-order valence-electron chi connectivity index (χ2n) is 5.98. The fourth-order valence-electron chi connectivity index (χ4n) is 1.82. The number of aliphatic hydroxyl groups excluding tert-OH is 1. The van der Waals surface area contributed by atoms with E-state index in [0.717, 1.165) is 6.07 Å². The van der Waals surface area contributed by atoms with E-state index in [-0.39, 0.29) is 23.2 Å². The lowest BCUT2D eigenvalue weighted by molar-refractivity contribution is 0.0868. The number of benzene rings is 1. The molecule has 4 nitrogen and oxygen atoms in total. The van der Waals surface area contributed by atoms with Crippen LogP contribution in [0.5, 0.6) is 0 Å². The zero-order valence-corrected chi connectivity index (χ0v) is 13.4. The molecule has 1 amide bonds. The van der Waals surface area contributed by atoms with Gasteiger partial charge < -0.3 is 16.2 Å². The van der Waals surface area contributed by atoms with Crippen LogP contribution in [0.2, 0.25) is 0 Å². The first-order chi connectivity index (χ1) is 9.10. The van der Waals surface area contributed by atoms with Crippen LogP contribution in [0.15, 0.2) is 16.6 Å². The van der Waals surface area contributed by atoms with Crippen LogP contribution in [0.3, 0.4) is 0 Å². The number of carbonyl (C=O) groups is 1. The molecule has 6 heteroatoms. The summed E-state index contributed by atoms with van der Waals surface area (Å²) in [5.74, 6) is -0.988. The highest BCUT2D eigenvalue weighted by Crippen LogP contribution is 2.23. The Labute approximate surface area is 126 Å². The van der Waals surface area contributed by atoms with Gasteiger partial charge in [-0.2, -0.15) is 0 Å². The van der Waals surface area contributed by atoms with Gasteiger partial charge in [-0.25, -0.2) is 4.39 Å². The molecule has 1 aromatic carbocycles. The average molecular weight is 347 g/mol. The van der Waals surface area contributed by atoms with Crippen molar-refractivity contribution in [3.63, 3.8) is 0 Å². The second kappa shape index (κ2) is 6.54. The summed E-state index contributed by atoms with van der Waals surface area (Å²) in [4.78, 5) is 12.0. The second-order valence-corrected chi connectivity index (χ2v) is 6.84. The molecule has 1 rings (SSSR count). The van der Waals surface area contributed by atoms with Gasteiger partial charge >= 0.3 is 0 Å². The minimum atomic E-state index is -0.629. The molecule has 0 aliphatic carbocycles. The Hall–Kier alpha value is -1.14. The van der Waals surface area contributed by atoms with Gasteiger partial charge in [-0.05, 0) is 39.9 Å². The maximum Gasteiger partial charge on any atom is 0.252 e. The quantitative estimate of drug-likeness (QED) is 0.733. The van der Waals surface area contributed by atoms with E-state index < -0.39 is 17.8 Å². The molecule has 0 saturated carbocycles. The molecule has 4 N–H and O–H groups in total. The van der Waals surface area contributed by atoms with E-state index in [4.69, 9.17) is 5.73 Å². The Balaban J connectivity index is 2.66. The van der Waals surface area contributed by atoms with Gasteiger partial charge in [-0.1, -0.05) is 20.8 Å². The summed E-state index contributed by atoms with van der Waals surface area (Å²) >= 11 is 3.12. The number of hydrogen-bond donors (Lipinski definition) is 3. The molecule has 1 atom stereocenters. The van der Waals surface area contributed by atoms with E-state index in [1.165, 1.54) is 6.07 Å². The lowest BCUT2D eigenvalue weighted by Crippen LogP contribution is -2.34. The number of carbonyl (C=O) groups excluding carboxylic acids is 1. The molecule has 0 spiro atoms. The zero-order valence-electron chi connectivity index (χ0n) is 11.8. The molecule has 0 bridgehead atoms. The van der Waals surface area contributed by atoms with Crippen LogP contribution in [-0.2, 0) is 0 Å². The molecular formula is C14H20BrFN2O2. The van der Waals surface area contributed by atoms with E-state index in [1.807, 2.05) is 20.8 Å². The SMILES string of the molecule is CC(C)(C)CC(O)CNC(=O)c1cc(N)c(F)cc1Br. The molecule has 20 heavy (non-hydrogen) atoms. The molecular weight excluding hydrogens is 327 g/mol. The summed E-state index contributed by atoms with van der Waals surface area (Å²) in [5, 5.41) is 12.4. The normalized spacial score (nSPS) is 13.1. The van der Waals surface area contributed by atoms with Crippen LogP contribution in [0, 0.1) is 11.2 Å². The minimum absolute atomic E-state index is 0.0228. The largest absolute Gasteiger partial charge is 0.396 e. The first kappa shape index (κ1) is 16.9. The Morgan fingerprint density at radius 3 is 2.65 bits per heavy atom. The number of rotatable bonds is 4. The predicted octanol–water partition coefficient (Wildman–Crippen LogP) is 2.70. The number of nitrogens with one attached hydrogen (secondary N) is 1. The first-order valence-corrected chi connectivity index (χ1v) is 7.10. The monoisotopic (exact) mass is 346 g/mol. The highest BCUT2D eigenvalue weighted by molar-refractivity contribution is 9.10. The summed E-state index contributed by atoms with van der Waals surface area (Å²) < 4.78 is 13.5. The summed E-state index contributed by atoms with van der Waals surface area (Å²) in [6, 6.07) is 2.42. The highest BCUT2D eigenvalue weighted by Gasteiger charge is 2.18. The smallest absolute Gasteiger partial charge is 0.252 e. The van der Waals surface area contributed by atoms with E-state index >= 15 is 0 Å². The van der Waals surface area contributed by atoms with E-state index in [2.05, 4.69) is 21.2 Å². The maximum atomic E-state index is 13.2. The third kappa shape index (κ3) is 5.09. The van der Waals surface area contributed by atoms with Gasteiger partial charge in [0, 0.05) is 11.0 Å². The fraction of sp³-hybridized carbons (Fsp3) is 0.500. The third-order valence-corrected chi connectivity index (χ3v) is 3.33. The average Bonchev–Trinajstić information content (AvgIpc) is 2.28. The number of amides is 1. The van der Waals surface area contributed by atoms with Crippen molar-refractivity contribution in [2.45, 2.75) is 33.3 Å². The Morgan fingerprint density at radius 1 is 1.50 bits per heavy atom. The van der Waals surface area contributed by atoms with Gasteiger partial charge in [0.1, 0.15) is 5.82 Å². The summed E-state index contributed by atoms with van der Waals surface area (Å²) in [6.07, 6.45) is -0.0597. The van der Waals surface area contributed by atoms with Crippen LogP contribution in [0.4, 0.5) is 10.1 Å². The molecule has 0 fully saturated rings. The molecule has 112 valence electrons. The fourth-order valence-corrected chi connectivity index (χ4v) is 2.32. The molecule has 0 heterocycles. The topological polar surface area (TPSA) is 75.3 Å². The van der Waals surface area contributed by atoms with Crippen molar-refractivity contribution in [2.24, 2.45) is 5.41 Å². The first-order valence-electron chi connectivity index (χ1n) is 6.31. The van der Waals surface area contributed by atoms with Crippen molar-refractivity contribution in [1.29, 1.82) is 0 Å². The summed E-state index contributed by atoms with van der Waals surface area (Å²) in [7, 11) is 0. The van der Waals surface area contributed by atoms with Gasteiger partial charge in [0.15, 0.2) is 0 Å². The Morgan fingerprint density at radius 2 is 2.10 bits per heavy atom. The zero-order chi connectivity index (χ0) is 15.5. The lowest BCUT2D eigenvalue weighted by Gasteiger charge is -2.22. The summed E-state index contributed by atoms with van der Waals surface area (Å²) in [6.45, 7) is 6.17. The summed E-state index contributed by atoms with van der Waals surface area (Å²) in [5.41, 5.74) is 5.57. The maximum absolute atomic E-state index is 13.2. The molecule has 0 aliphatic rings. The van der Waals surface area contributed by atoms with Crippen molar-refractivity contribution >= 4 is 27.5 Å². The van der Waals surface area contributed by atoms with E-state index in [0.29, 0.717) is 10.9 Å². The van der Waals surface area contributed by atoms with Crippen molar-refractivity contribution < 1.29 is 14.3 Å². The number of hydrogen-bond acceptors (Lipinski definition) is 3. The Kier molecular flexibility index (Phi) is 5.53. The molecule has 0 saturated heterocycles. The molecule has 0 aromatic heterocycles. The number of aliphatic hydroxyl groups is 1. The van der Waals surface area contributed by atoms with E-state index in [1.54, 1.807) is 0 Å². The lowest BCUT2D eigenvalue weighted by atomic mass is 9.89. The molecule has 1 unspecified atom stereocenters. The van der Waals surface area contributed by atoms with Gasteiger partial charge in [-0.3, -0.25) is 4.79 Å². The van der Waals surface area contributed by atoms with Crippen LogP contribution >= 0.6 is 15.9 Å².